The highest BCUT2D eigenvalue weighted by molar-refractivity contribution is 7.99. The molecule has 0 aliphatic carbocycles. The molecule has 6 heteroatoms. The van der Waals surface area contributed by atoms with Crippen molar-refractivity contribution in [3.05, 3.63) is 11.8 Å². The van der Waals surface area contributed by atoms with Gasteiger partial charge in [-0.1, -0.05) is 0 Å². The van der Waals surface area contributed by atoms with E-state index in [1.807, 2.05) is 11.8 Å². The molecule has 1 aromatic heterocycles. The number of aromatic carboxylic acids is 1. The number of nitrogens with two attached hydrogens (primary N) is 1. The zero-order chi connectivity index (χ0) is 10.8. The third-order valence-corrected chi connectivity index (χ3v) is 3.65. The molecule has 15 heavy (non-hydrogen) atoms. The largest absolute Gasteiger partial charge is 0.477 e. The maximum Gasteiger partial charge on any atom is 0.341 e. The third kappa shape index (κ3) is 1.94. The molecule has 3 N–H and O–H groups in total. The van der Waals surface area contributed by atoms with Gasteiger partial charge in [-0.05, 0) is 24.3 Å². The summed E-state index contributed by atoms with van der Waals surface area (Å²) in [4.78, 5) is 10.8. The number of carboxylic acid groups (broad SMARTS) is 1. The van der Waals surface area contributed by atoms with Crippen LogP contribution in [0, 0.1) is 0 Å². The Kier molecular flexibility index (Phi) is 2.86. The fourth-order valence-electron chi connectivity index (χ4n) is 1.76. The Bertz CT molecular complexity index is 371. The van der Waals surface area contributed by atoms with Gasteiger partial charge in [-0.3, -0.25) is 0 Å². The highest BCUT2D eigenvalue weighted by Gasteiger charge is 2.21. The molecule has 2 heterocycles. The summed E-state index contributed by atoms with van der Waals surface area (Å²) in [7, 11) is 0. The molecule has 0 spiro atoms. The van der Waals surface area contributed by atoms with Crippen LogP contribution in [-0.4, -0.2) is 32.4 Å². The molecule has 0 radical (unpaired) electrons. The summed E-state index contributed by atoms with van der Waals surface area (Å²) in [5.41, 5.74) is 5.85. The molecule has 0 unspecified atom stereocenters. The summed E-state index contributed by atoms with van der Waals surface area (Å²) in [5, 5.41) is 12.9. The quantitative estimate of drug-likeness (QED) is 0.794. The number of nitrogens with zero attached hydrogens (tertiary/aromatic N) is 2. The summed E-state index contributed by atoms with van der Waals surface area (Å²) < 4.78 is 1.66. The SMILES string of the molecule is Nc1c(C(=O)O)cnn1C1CCSCC1. The molecule has 0 amide bonds. The van der Waals surface area contributed by atoms with Crippen molar-refractivity contribution in [2.75, 3.05) is 17.2 Å². The van der Waals surface area contributed by atoms with Gasteiger partial charge in [-0.2, -0.15) is 16.9 Å². The maximum absolute atomic E-state index is 10.8. The molecular formula is C9H13N3O2S. The Balaban J connectivity index is 2.24. The monoisotopic (exact) mass is 227 g/mol. The summed E-state index contributed by atoms with van der Waals surface area (Å²) in [6.07, 6.45) is 3.35. The summed E-state index contributed by atoms with van der Waals surface area (Å²) in [5.74, 6) is 1.45. The predicted octanol–water partition coefficient (Wildman–Crippen LogP) is 1.23. The van der Waals surface area contributed by atoms with Crippen molar-refractivity contribution in [2.24, 2.45) is 0 Å². The van der Waals surface area contributed by atoms with Gasteiger partial charge < -0.3 is 10.8 Å². The highest BCUT2D eigenvalue weighted by atomic mass is 32.2. The zero-order valence-electron chi connectivity index (χ0n) is 8.22. The van der Waals surface area contributed by atoms with E-state index in [0.29, 0.717) is 0 Å². The zero-order valence-corrected chi connectivity index (χ0v) is 9.04. The molecule has 1 aliphatic rings. The highest BCUT2D eigenvalue weighted by Crippen LogP contribution is 2.29. The van der Waals surface area contributed by atoms with Gasteiger partial charge >= 0.3 is 5.97 Å². The van der Waals surface area contributed by atoms with Crippen molar-refractivity contribution < 1.29 is 9.90 Å². The van der Waals surface area contributed by atoms with E-state index < -0.39 is 5.97 Å². The summed E-state index contributed by atoms with van der Waals surface area (Å²) in [6.45, 7) is 0. The van der Waals surface area contributed by atoms with E-state index in [9.17, 15) is 4.79 Å². The molecule has 2 rings (SSSR count). The second kappa shape index (κ2) is 4.14. The van der Waals surface area contributed by atoms with Crippen LogP contribution < -0.4 is 5.73 Å². The lowest BCUT2D eigenvalue weighted by Crippen LogP contribution is -2.18. The fourth-order valence-corrected chi connectivity index (χ4v) is 2.84. The van der Waals surface area contributed by atoms with Crippen molar-refractivity contribution in [1.82, 2.24) is 9.78 Å². The van der Waals surface area contributed by atoms with Crippen molar-refractivity contribution >= 4 is 23.5 Å². The Hall–Kier alpha value is -1.17. The van der Waals surface area contributed by atoms with Gasteiger partial charge in [0, 0.05) is 0 Å². The van der Waals surface area contributed by atoms with Crippen LogP contribution in [0.2, 0.25) is 0 Å². The number of aromatic nitrogens is 2. The molecule has 0 atom stereocenters. The Morgan fingerprint density at radius 1 is 1.60 bits per heavy atom. The molecule has 1 saturated heterocycles. The van der Waals surface area contributed by atoms with Crippen LogP contribution >= 0.6 is 11.8 Å². The molecule has 1 aromatic rings. The lowest BCUT2D eigenvalue weighted by Gasteiger charge is -2.22. The summed E-state index contributed by atoms with van der Waals surface area (Å²) >= 11 is 1.91. The first kappa shape index (κ1) is 10.4. The average Bonchev–Trinajstić information content (AvgIpc) is 2.61. The van der Waals surface area contributed by atoms with Gasteiger partial charge in [0.15, 0.2) is 0 Å². The number of rotatable bonds is 2. The van der Waals surface area contributed by atoms with Crippen LogP contribution in [0.15, 0.2) is 6.20 Å². The number of carbonyl (C=O) groups is 1. The van der Waals surface area contributed by atoms with E-state index in [2.05, 4.69) is 5.10 Å². The van der Waals surface area contributed by atoms with Crippen LogP contribution in [0.5, 0.6) is 0 Å². The van der Waals surface area contributed by atoms with Gasteiger partial charge in [-0.25, -0.2) is 9.48 Å². The Morgan fingerprint density at radius 2 is 2.27 bits per heavy atom. The second-order valence-corrected chi connectivity index (χ2v) is 4.76. The third-order valence-electron chi connectivity index (χ3n) is 2.60. The first-order chi connectivity index (χ1) is 7.20. The van der Waals surface area contributed by atoms with Crippen LogP contribution in [0.4, 0.5) is 5.82 Å². The molecule has 0 aromatic carbocycles. The van der Waals surface area contributed by atoms with E-state index in [0.717, 1.165) is 24.3 Å². The van der Waals surface area contributed by atoms with Crippen molar-refractivity contribution in [3.63, 3.8) is 0 Å². The second-order valence-electron chi connectivity index (χ2n) is 3.54. The number of carboxylic acids is 1. The summed E-state index contributed by atoms with van der Waals surface area (Å²) in [6, 6.07) is 0.263. The number of hydrogen-bond acceptors (Lipinski definition) is 4. The number of hydrogen-bond donors (Lipinski definition) is 2. The first-order valence-corrected chi connectivity index (χ1v) is 5.99. The maximum atomic E-state index is 10.8. The molecular weight excluding hydrogens is 214 g/mol. The van der Waals surface area contributed by atoms with E-state index in [4.69, 9.17) is 10.8 Å². The molecule has 0 bridgehead atoms. The standard InChI is InChI=1S/C9H13N3O2S/c10-8-7(9(13)14)5-11-12(8)6-1-3-15-4-2-6/h5-6H,1-4,10H2,(H,13,14). The first-order valence-electron chi connectivity index (χ1n) is 4.84. The van der Waals surface area contributed by atoms with E-state index in [1.54, 1.807) is 4.68 Å². The number of thioether (sulfide) groups is 1. The number of anilines is 1. The minimum absolute atomic E-state index is 0.105. The Morgan fingerprint density at radius 3 is 2.80 bits per heavy atom. The average molecular weight is 227 g/mol. The normalized spacial score (nSPS) is 17.9. The Labute approximate surface area is 91.6 Å². The lowest BCUT2D eigenvalue weighted by molar-refractivity contribution is 0.0698. The lowest BCUT2D eigenvalue weighted by atomic mass is 10.1. The van der Waals surface area contributed by atoms with Gasteiger partial charge in [0.2, 0.25) is 0 Å². The molecule has 1 aliphatic heterocycles. The molecule has 0 saturated carbocycles. The van der Waals surface area contributed by atoms with E-state index in [1.165, 1.54) is 6.20 Å². The van der Waals surface area contributed by atoms with E-state index in [-0.39, 0.29) is 17.4 Å². The van der Waals surface area contributed by atoms with Crippen molar-refractivity contribution in [1.29, 1.82) is 0 Å². The van der Waals surface area contributed by atoms with Gasteiger partial charge in [0.1, 0.15) is 11.4 Å². The van der Waals surface area contributed by atoms with Crippen LogP contribution in [0.3, 0.4) is 0 Å². The smallest absolute Gasteiger partial charge is 0.341 e. The molecule has 82 valence electrons. The van der Waals surface area contributed by atoms with Gasteiger partial charge in [0.25, 0.3) is 0 Å². The van der Waals surface area contributed by atoms with Gasteiger partial charge in [-0.15, -0.1) is 0 Å². The molecule has 5 nitrogen and oxygen atoms in total. The fraction of sp³-hybridized carbons (Fsp3) is 0.556. The van der Waals surface area contributed by atoms with E-state index >= 15 is 0 Å². The topological polar surface area (TPSA) is 81.1 Å². The van der Waals surface area contributed by atoms with Crippen LogP contribution in [0.25, 0.3) is 0 Å². The van der Waals surface area contributed by atoms with Crippen LogP contribution in [0.1, 0.15) is 29.2 Å². The van der Waals surface area contributed by atoms with Gasteiger partial charge in [0.05, 0.1) is 12.2 Å². The molecule has 1 fully saturated rings. The minimum atomic E-state index is -1.01. The minimum Gasteiger partial charge on any atom is -0.477 e. The van der Waals surface area contributed by atoms with Crippen molar-refractivity contribution in [3.8, 4) is 0 Å². The van der Waals surface area contributed by atoms with Crippen molar-refractivity contribution in [2.45, 2.75) is 18.9 Å². The number of nitrogen functional groups attached to an aromatic ring is 1. The predicted molar refractivity (Wildman–Crippen MR) is 59.2 cm³/mol. The van der Waals surface area contributed by atoms with Crippen LogP contribution in [-0.2, 0) is 0 Å².